The summed E-state index contributed by atoms with van der Waals surface area (Å²) in [6, 6.07) is 4.29. The number of aryl methyl sites for hydroxylation is 1. The maximum atomic E-state index is 4.55. The topological polar surface area (TPSA) is 24.9 Å². The Morgan fingerprint density at radius 3 is 3.25 bits per heavy atom. The van der Waals surface area contributed by atoms with Gasteiger partial charge in [0.1, 0.15) is 0 Å². The molecule has 0 amide bonds. The van der Waals surface area contributed by atoms with Crippen LogP contribution in [0.15, 0.2) is 18.3 Å². The highest BCUT2D eigenvalue weighted by atomic mass is 14.8. The van der Waals surface area contributed by atoms with E-state index in [1.165, 1.54) is 30.5 Å². The van der Waals surface area contributed by atoms with E-state index in [4.69, 9.17) is 0 Å². The Bertz CT molecular complexity index is 335. The van der Waals surface area contributed by atoms with Crippen molar-refractivity contribution in [3.63, 3.8) is 0 Å². The lowest BCUT2D eigenvalue weighted by Crippen LogP contribution is -2.21. The summed E-state index contributed by atoms with van der Waals surface area (Å²) >= 11 is 0. The average molecular weight is 218 g/mol. The van der Waals surface area contributed by atoms with Crippen molar-refractivity contribution in [1.82, 2.24) is 10.3 Å². The number of pyridine rings is 1. The van der Waals surface area contributed by atoms with Crippen LogP contribution in [0.3, 0.4) is 0 Å². The molecule has 16 heavy (non-hydrogen) atoms. The van der Waals surface area contributed by atoms with E-state index in [9.17, 15) is 0 Å². The number of hydrogen-bond acceptors (Lipinski definition) is 2. The molecule has 2 rings (SSSR count). The fourth-order valence-corrected chi connectivity index (χ4v) is 2.69. The molecule has 2 heteroatoms. The zero-order valence-electron chi connectivity index (χ0n) is 10.4. The lowest BCUT2D eigenvalue weighted by Gasteiger charge is -2.17. The van der Waals surface area contributed by atoms with Crippen LogP contribution in [0.5, 0.6) is 0 Å². The van der Waals surface area contributed by atoms with E-state index in [0.717, 1.165) is 19.0 Å². The van der Waals surface area contributed by atoms with E-state index in [2.05, 4.69) is 36.3 Å². The van der Waals surface area contributed by atoms with Gasteiger partial charge >= 0.3 is 0 Å². The third-order valence-corrected chi connectivity index (χ3v) is 3.50. The molecule has 0 saturated carbocycles. The molecule has 0 aromatic carbocycles. The van der Waals surface area contributed by atoms with E-state index in [1.807, 2.05) is 6.20 Å². The first-order chi connectivity index (χ1) is 7.81. The van der Waals surface area contributed by atoms with Gasteiger partial charge in [-0.1, -0.05) is 19.9 Å². The van der Waals surface area contributed by atoms with Crippen molar-refractivity contribution in [2.24, 2.45) is 5.92 Å². The van der Waals surface area contributed by atoms with Crippen LogP contribution >= 0.6 is 0 Å². The Morgan fingerprint density at radius 2 is 2.44 bits per heavy atom. The monoisotopic (exact) mass is 218 g/mol. The highest BCUT2D eigenvalue weighted by Gasteiger charge is 2.24. The summed E-state index contributed by atoms with van der Waals surface area (Å²) in [4.78, 5) is 4.55. The first kappa shape index (κ1) is 11.6. The van der Waals surface area contributed by atoms with Crippen molar-refractivity contribution < 1.29 is 0 Å². The third kappa shape index (κ3) is 2.62. The van der Waals surface area contributed by atoms with Gasteiger partial charge < -0.3 is 5.32 Å². The summed E-state index contributed by atoms with van der Waals surface area (Å²) in [5.41, 5.74) is 2.84. The van der Waals surface area contributed by atoms with Crippen LogP contribution in [0, 0.1) is 5.92 Å². The molecule has 2 unspecified atom stereocenters. The number of hydrogen-bond donors (Lipinski definition) is 1. The summed E-state index contributed by atoms with van der Waals surface area (Å²) in [7, 11) is 0. The molecule has 1 aromatic heterocycles. The molecule has 1 N–H and O–H groups in total. The second kappa shape index (κ2) is 5.44. The predicted molar refractivity (Wildman–Crippen MR) is 67.6 cm³/mol. The number of fused-ring (bicyclic) bond motifs is 1. The zero-order valence-corrected chi connectivity index (χ0v) is 10.4. The van der Waals surface area contributed by atoms with Gasteiger partial charge in [-0.15, -0.1) is 0 Å². The molecule has 0 saturated heterocycles. The lowest BCUT2D eigenvalue weighted by molar-refractivity contribution is 0.435. The molecule has 0 aliphatic heterocycles. The van der Waals surface area contributed by atoms with E-state index in [-0.39, 0.29) is 0 Å². The molecule has 88 valence electrons. The van der Waals surface area contributed by atoms with Crippen LogP contribution in [0.25, 0.3) is 0 Å². The quantitative estimate of drug-likeness (QED) is 0.822. The van der Waals surface area contributed by atoms with E-state index >= 15 is 0 Å². The second-order valence-corrected chi connectivity index (χ2v) is 4.93. The Balaban J connectivity index is 1.92. The minimum atomic E-state index is 0.699. The van der Waals surface area contributed by atoms with Crippen molar-refractivity contribution >= 4 is 0 Å². The summed E-state index contributed by atoms with van der Waals surface area (Å²) < 4.78 is 0. The summed E-state index contributed by atoms with van der Waals surface area (Å²) in [5, 5.41) is 3.43. The van der Waals surface area contributed by atoms with E-state index in [0.29, 0.717) is 5.92 Å². The highest BCUT2D eigenvalue weighted by Crippen LogP contribution is 2.35. The Labute approximate surface area is 98.5 Å². The van der Waals surface area contributed by atoms with Crippen molar-refractivity contribution in [1.29, 1.82) is 0 Å². The van der Waals surface area contributed by atoms with Gasteiger partial charge in [-0.25, -0.2) is 0 Å². The minimum absolute atomic E-state index is 0.699. The first-order valence-corrected chi connectivity index (χ1v) is 6.45. The van der Waals surface area contributed by atoms with Gasteiger partial charge in [0, 0.05) is 17.8 Å². The van der Waals surface area contributed by atoms with Crippen molar-refractivity contribution in [3.05, 3.63) is 29.6 Å². The van der Waals surface area contributed by atoms with Crippen molar-refractivity contribution in [3.8, 4) is 0 Å². The number of nitrogens with one attached hydrogen (secondary N) is 1. The van der Waals surface area contributed by atoms with Gasteiger partial charge in [-0.05, 0) is 49.9 Å². The van der Waals surface area contributed by atoms with Crippen LogP contribution in [-0.2, 0) is 6.42 Å². The molecule has 0 bridgehead atoms. The van der Waals surface area contributed by atoms with Crippen LogP contribution < -0.4 is 5.32 Å². The minimum Gasteiger partial charge on any atom is -0.317 e. The largest absolute Gasteiger partial charge is 0.317 e. The highest BCUT2D eigenvalue weighted by molar-refractivity contribution is 5.28. The average Bonchev–Trinajstić information content (AvgIpc) is 2.70. The van der Waals surface area contributed by atoms with Crippen molar-refractivity contribution in [2.75, 3.05) is 13.1 Å². The molecular weight excluding hydrogens is 196 g/mol. The molecule has 2 nitrogen and oxygen atoms in total. The van der Waals surface area contributed by atoms with E-state index in [1.54, 1.807) is 0 Å². The molecule has 2 atom stereocenters. The molecule has 1 aliphatic carbocycles. The zero-order chi connectivity index (χ0) is 11.4. The SMILES string of the molecule is CCNCC(C)CC1CCc2cccnc21. The molecule has 0 fully saturated rings. The fraction of sp³-hybridized carbons (Fsp3) is 0.643. The summed E-state index contributed by atoms with van der Waals surface area (Å²) in [6.45, 7) is 6.71. The van der Waals surface area contributed by atoms with Gasteiger partial charge in [0.2, 0.25) is 0 Å². The van der Waals surface area contributed by atoms with Gasteiger partial charge in [0.25, 0.3) is 0 Å². The van der Waals surface area contributed by atoms with Crippen molar-refractivity contribution in [2.45, 2.75) is 39.0 Å². The lowest BCUT2D eigenvalue weighted by atomic mass is 9.93. The predicted octanol–water partition coefficient (Wildman–Crippen LogP) is 2.75. The Kier molecular flexibility index (Phi) is 3.94. The maximum Gasteiger partial charge on any atom is 0.0466 e. The molecule has 1 aromatic rings. The second-order valence-electron chi connectivity index (χ2n) is 4.93. The summed E-state index contributed by atoms with van der Waals surface area (Å²) in [5.74, 6) is 1.45. The smallest absolute Gasteiger partial charge is 0.0466 e. The molecule has 0 radical (unpaired) electrons. The van der Waals surface area contributed by atoms with Gasteiger partial charge in [0.05, 0.1) is 0 Å². The van der Waals surface area contributed by atoms with Gasteiger partial charge in [-0.2, -0.15) is 0 Å². The van der Waals surface area contributed by atoms with Crippen LogP contribution in [0.1, 0.15) is 43.9 Å². The fourth-order valence-electron chi connectivity index (χ4n) is 2.69. The van der Waals surface area contributed by atoms with Crippen LogP contribution in [-0.4, -0.2) is 18.1 Å². The van der Waals surface area contributed by atoms with Gasteiger partial charge in [-0.3, -0.25) is 4.98 Å². The molecular formula is C14H22N2. The van der Waals surface area contributed by atoms with E-state index < -0.39 is 0 Å². The Morgan fingerprint density at radius 1 is 1.56 bits per heavy atom. The number of nitrogens with zero attached hydrogens (tertiary/aromatic N) is 1. The van der Waals surface area contributed by atoms with Crippen LogP contribution in [0.4, 0.5) is 0 Å². The van der Waals surface area contributed by atoms with Crippen LogP contribution in [0.2, 0.25) is 0 Å². The third-order valence-electron chi connectivity index (χ3n) is 3.50. The summed E-state index contributed by atoms with van der Waals surface area (Å²) in [6.07, 6.45) is 5.73. The molecule has 1 aliphatic rings. The maximum absolute atomic E-state index is 4.55. The van der Waals surface area contributed by atoms with Gasteiger partial charge in [0.15, 0.2) is 0 Å². The molecule has 1 heterocycles. The first-order valence-electron chi connectivity index (χ1n) is 6.45. The standard InChI is InChI=1S/C14H22N2/c1-3-15-10-11(2)9-13-7-6-12-5-4-8-16-14(12)13/h4-5,8,11,13,15H,3,6-7,9-10H2,1-2H3. The molecule has 0 spiro atoms. The normalized spacial score (nSPS) is 20.8. The number of rotatable bonds is 5. The number of aromatic nitrogens is 1. The Hall–Kier alpha value is -0.890.